The molecule has 0 bridgehead atoms. The first kappa shape index (κ1) is 17.7. The molecule has 3 heterocycles. The Morgan fingerprint density at radius 1 is 1.21 bits per heavy atom. The summed E-state index contributed by atoms with van der Waals surface area (Å²) in [5, 5.41) is 9.71. The molecule has 1 aliphatic carbocycles. The molecule has 2 N–H and O–H groups in total. The second kappa shape index (κ2) is 7.51. The Hall–Kier alpha value is -3.68. The second-order valence-corrected chi connectivity index (χ2v) is 6.60. The molecule has 4 rings (SSSR count). The fraction of sp³-hybridized carbons (Fsp3) is 0.200. The van der Waals surface area contributed by atoms with Crippen molar-refractivity contribution in [3.8, 4) is 11.5 Å². The zero-order chi connectivity index (χ0) is 19.5. The highest BCUT2D eigenvalue weighted by atomic mass is 16.2. The fourth-order valence-corrected chi connectivity index (χ4v) is 2.82. The van der Waals surface area contributed by atoms with Crippen LogP contribution in [0.5, 0.6) is 0 Å². The van der Waals surface area contributed by atoms with E-state index in [1.807, 2.05) is 18.2 Å². The number of nitrogens with one attached hydrogen (secondary N) is 2. The highest BCUT2D eigenvalue weighted by Gasteiger charge is 2.15. The third kappa shape index (κ3) is 3.85. The van der Waals surface area contributed by atoms with Gasteiger partial charge in [-0.25, -0.2) is 4.98 Å². The summed E-state index contributed by atoms with van der Waals surface area (Å²) in [6, 6.07) is 7.18. The molecule has 1 amide bonds. The van der Waals surface area contributed by atoms with Crippen molar-refractivity contribution in [2.75, 3.05) is 5.32 Å². The summed E-state index contributed by atoms with van der Waals surface area (Å²) in [4.78, 5) is 29.6. The number of aromatic amines is 1. The minimum absolute atomic E-state index is 0.167. The molecule has 28 heavy (non-hydrogen) atoms. The molecule has 1 unspecified atom stereocenters. The zero-order valence-electron chi connectivity index (χ0n) is 15.5. The maximum absolute atomic E-state index is 12.6. The molecular formula is C20H19N7O. The van der Waals surface area contributed by atoms with Crippen molar-refractivity contribution >= 4 is 17.4 Å². The SMILES string of the molecule is Cc1nc(NC(=O)c2cc(C3=CCC(C)C=C3)n[nH]2)nc(-c2ccccn2)n1. The van der Waals surface area contributed by atoms with E-state index in [1.54, 1.807) is 25.3 Å². The monoisotopic (exact) mass is 373 g/mol. The average Bonchev–Trinajstić information content (AvgIpc) is 3.19. The first-order valence-corrected chi connectivity index (χ1v) is 8.98. The number of carbonyl (C=O) groups excluding carboxylic acids is 1. The van der Waals surface area contributed by atoms with Gasteiger partial charge in [0.05, 0.1) is 5.69 Å². The largest absolute Gasteiger partial charge is 0.289 e. The third-order valence-corrected chi connectivity index (χ3v) is 4.30. The predicted molar refractivity (Wildman–Crippen MR) is 105 cm³/mol. The Morgan fingerprint density at radius 2 is 2.11 bits per heavy atom. The van der Waals surface area contributed by atoms with Gasteiger partial charge in [0, 0.05) is 6.20 Å². The van der Waals surface area contributed by atoms with Gasteiger partial charge >= 0.3 is 0 Å². The molecule has 8 nitrogen and oxygen atoms in total. The third-order valence-electron chi connectivity index (χ3n) is 4.30. The molecular weight excluding hydrogens is 354 g/mol. The van der Waals surface area contributed by atoms with Crippen molar-refractivity contribution in [3.05, 3.63) is 65.9 Å². The van der Waals surface area contributed by atoms with Gasteiger partial charge < -0.3 is 0 Å². The number of allylic oxidation sites excluding steroid dienone is 4. The van der Waals surface area contributed by atoms with E-state index in [0.717, 1.165) is 17.7 Å². The number of H-pyrrole nitrogens is 1. The van der Waals surface area contributed by atoms with Crippen molar-refractivity contribution in [2.24, 2.45) is 5.92 Å². The van der Waals surface area contributed by atoms with Crippen molar-refractivity contribution in [3.63, 3.8) is 0 Å². The summed E-state index contributed by atoms with van der Waals surface area (Å²) in [5.41, 5.74) is 2.68. The topological polar surface area (TPSA) is 109 Å². The van der Waals surface area contributed by atoms with Crippen LogP contribution in [0.1, 0.15) is 35.4 Å². The summed E-state index contributed by atoms with van der Waals surface area (Å²) in [5.74, 6) is 1.21. The van der Waals surface area contributed by atoms with Crippen LogP contribution < -0.4 is 5.32 Å². The zero-order valence-corrected chi connectivity index (χ0v) is 15.5. The lowest BCUT2D eigenvalue weighted by atomic mass is 9.97. The Morgan fingerprint density at radius 3 is 2.86 bits per heavy atom. The summed E-state index contributed by atoms with van der Waals surface area (Å²) < 4.78 is 0. The summed E-state index contributed by atoms with van der Waals surface area (Å²) in [6.45, 7) is 3.89. The van der Waals surface area contributed by atoms with Crippen molar-refractivity contribution in [2.45, 2.75) is 20.3 Å². The maximum Gasteiger partial charge on any atom is 0.276 e. The maximum atomic E-state index is 12.6. The number of hydrogen-bond acceptors (Lipinski definition) is 6. The van der Waals surface area contributed by atoms with E-state index >= 15 is 0 Å². The molecule has 8 heteroatoms. The number of pyridine rings is 1. The van der Waals surface area contributed by atoms with Crippen LogP contribution in [-0.2, 0) is 0 Å². The van der Waals surface area contributed by atoms with Crippen LogP contribution in [0, 0.1) is 12.8 Å². The molecule has 3 aromatic rings. The van der Waals surface area contributed by atoms with Gasteiger partial charge in [0.15, 0.2) is 5.82 Å². The van der Waals surface area contributed by atoms with Crippen molar-refractivity contribution in [1.29, 1.82) is 0 Å². The normalized spacial score (nSPS) is 15.9. The lowest BCUT2D eigenvalue weighted by Crippen LogP contribution is -2.16. The smallest absolute Gasteiger partial charge is 0.276 e. The Balaban J connectivity index is 1.53. The fourth-order valence-electron chi connectivity index (χ4n) is 2.82. The van der Waals surface area contributed by atoms with Crippen LogP contribution in [0.15, 0.2) is 48.7 Å². The van der Waals surface area contributed by atoms with E-state index in [1.165, 1.54) is 0 Å². The van der Waals surface area contributed by atoms with Crippen LogP contribution >= 0.6 is 0 Å². The Kier molecular flexibility index (Phi) is 4.76. The highest BCUT2D eigenvalue weighted by molar-refractivity contribution is 6.02. The lowest BCUT2D eigenvalue weighted by Gasteiger charge is -2.09. The molecule has 0 saturated carbocycles. The number of aryl methyl sites for hydroxylation is 1. The minimum Gasteiger partial charge on any atom is -0.289 e. The quantitative estimate of drug-likeness (QED) is 0.727. The number of nitrogens with zero attached hydrogens (tertiary/aromatic N) is 5. The second-order valence-electron chi connectivity index (χ2n) is 6.60. The molecule has 0 radical (unpaired) electrons. The molecule has 0 spiro atoms. The van der Waals surface area contributed by atoms with Gasteiger partial charge in [0.2, 0.25) is 5.95 Å². The van der Waals surface area contributed by atoms with Gasteiger partial charge in [-0.3, -0.25) is 20.2 Å². The van der Waals surface area contributed by atoms with E-state index in [2.05, 4.69) is 54.5 Å². The molecule has 0 aliphatic heterocycles. The number of amides is 1. The van der Waals surface area contributed by atoms with E-state index < -0.39 is 0 Å². The van der Waals surface area contributed by atoms with Gasteiger partial charge in [0.25, 0.3) is 5.91 Å². The van der Waals surface area contributed by atoms with Crippen LogP contribution in [0.25, 0.3) is 17.1 Å². The molecule has 1 aliphatic rings. The van der Waals surface area contributed by atoms with Crippen LogP contribution in [-0.4, -0.2) is 36.0 Å². The van der Waals surface area contributed by atoms with Gasteiger partial charge in [-0.15, -0.1) is 0 Å². The molecule has 0 fully saturated rings. The first-order valence-electron chi connectivity index (χ1n) is 8.98. The van der Waals surface area contributed by atoms with Gasteiger partial charge in [-0.1, -0.05) is 31.2 Å². The predicted octanol–water partition coefficient (Wildman–Crippen LogP) is 3.20. The molecule has 1 atom stereocenters. The standard InChI is InChI=1S/C20H19N7O/c1-12-6-8-14(9-7-12)16-11-17(27-26-16)19(28)25-20-23-13(2)22-18(24-20)15-5-3-4-10-21-15/h3-6,8-12H,7H2,1-2H3,(H,26,27)(H,22,23,24,25,28). The lowest BCUT2D eigenvalue weighted by molar-refractivity contribution is 0.102. The van der Waals surface area contributed by atoms with Crippen molar-refractivity contribution in [1.82, 2.24) is 30.1 Å². The van der Waals surface area contributed by atoms with Gasteiger partial charge in [0.1, 0.15) is 17.2 Å². The van der Waals surface area contributed by atoms with Crippen LogP contribution in [0.2, 0.25) is 0 Å². The number of anilines is 1. The van der Waals surface area contributed by atoms with Gasteiger partial charge in [-0.05, 0) is 43.0 Å². The summed E-state index contributed by atoms with van der Waals surface area (Å²) in [6.07, 6.45) is 8.91. The number of aromatic nitrogens is 6. The number of rotatable bonds is 4. The molecule has 0 saturated heterocycles. The molecule has 140 valence electrons. The number of carbonyl (C=O) groups is 1. The van der Waals surface area contributed by atoms with E-state index in [0.29, 0.717) is 29.0 Å². The average molecular weight is 373 g/mol. The highest BCUT2D eigenvalue weighted by Crippen LogP contribution is 2.23. The van der Waals surface area contributed by atoms with E-state index in [4.69, 9.17) is 0 Å². The molecule has 3 aromatic heterocycles. The summed E-state index contributed by atoms with van der Waals surface area (Å²) >= 11 is 0. The van der Waals surface area contributed by atoms with Crippen LogP contribution in [0.4, 0.5) is 5.95 Å². The Labute approximate surface area is 161 Å². The van der Waals surface area contributed by atoms with Crippen molar-refractivity contribution < 1.29 is 4.79 Å². The van der Waals surface area contributed by atoms with Crippen LogP contribution in [0.3, 0.4) is 0 Å². The Bertz CT molecular complexity index is 1070. The van der Waals surface area contributed by atoms with E-state index in [9.17, 15) is 4.79 Å². The minimum atomic E-state index is -0.370. The molecule has 0 aromatic carbocycles. The van der Waals surface area contributed by atoms with Gasteiger partial charge in [-0.2, -0.15) is 15.1 Å². The first-order chi connectivity index (χ1) is 13.6. The number of hydrogen-bond donors (Lipinski definition) is 2. The van der Waals surface area contributed by atoms with E-state index in [-0.39, 0.29) is 11.9 Å². The summed E-state index contributed by atoms with van der Waals surface area (Å²) in [7, 11) is 0.